The minimum Gasteiger partial charge on any atom is -0.368 e. The van der Waals surface area contributed by atoms with E-state index in [1.165, 1.54) is 11.8 Å². The predicted molar refractivity (Wildman–Crippen MR) is 83.0 cm³/mol. The molecule has 0 radical (unpaired) electrons. The van der Waals surface area contributed by atoms with Gasteiger partial charge in [0.1, 0.15) is 0 Å². The van der Waals surface area contributed by atoms with Crippen LogP contribution in [0.2, 0.25) is 0 Å². The molecule has 8 heteroatoms. The number of aromatic nitrogens is 3. The van der Waals surface area contributed by atoms with Crippen LogP contribution in [0.3, 0.4) is 0 Å². The molecule has 20 heavy (non-hydrogen) atoms. The minimum absolute atomic E-state index is 0.0973. The highest BCUT2D eigenvalue weighted by molar-refractivity contribution is 8.00. The molecule has 0 aliphatic heterocycles. The van der Waals surface area contributed by atoms with Crippen LogP contribution in [0.4, 0.5) is 11.6 Å². The van der Waals surface area contributed by atoms with Crippen LogP contribution in [0.5, 0.6) is 0 Å². The summed E-state index contributed by atoms with van der Waals surface area (Å²) in [6.07, 6.45) is 1.97. The Morgan fingerprint density at radius 3 is 2.85 bits per heavy atom. The van der Waals surface area contributed by atoms with Crippen LogP contribution in [0, 0.1) is 0 Å². The highest BCUT2D eigenvalue weighted by atomic mass is 32.2. The van der Waals surface area contributed by atoms with Crippen molar-refractivity contribution in [1.29, 1.82) is 0 Å². The lowest BCUT2D eigenvalue weighted by Crippen LogP contribution is -2.22. The fourth-order valence-electron chi connectivity index (χ4n) is 1.50. The van der Waals surface area contributed by atoms with Crippen molar-refractivity contribution in [2.75, 3.05) is 17.3 Å². The molecule has 0 aliphatic rings. The summed E-state index contributed by atoms with van der Waals surface area (Å²) in [5.74, 6) is 0.146. The number of carbonyl (C=O) groups is 1. The molecule has 106 valence electrons. The summed E-state index contributed by atoms with van der Waals surface area (Å²) in [7, 11) is 0. The number of para-hydroxylation sites is 1. The number of rotatable bonds is 5. The van der Waals surface area contributed by atoms with Gasteiger partial charge < -0.3 is 11.1 Å². The van der Waals surface area contributed by atoms with Crippen molar-refractivity contribution in [3.05, 3.63) is 24.3 Å². The molecule has 2 aromatic rings. The van der Waals surface area contributed by atoms with E-state index in [2.05, 4.69) is 20.5 Å². The van der Waals surface area contributed by atoms with E-state index < -0.39 is 0 Å². The predicted octanol–water partition coefficient (Wildman–Crippen LogP) is 2.23. The second-order valence-electron chi connectivity index (χ2n) is 3.95. The summed E-state index contributed by atoms with van der Waals surface area (Å²) >= 11 is 2.84. The number of thioether (sulfide) groups is 2. The Balaban J connectivity index is 2.00. The zero-order valence-corrected chi connectivity index (χ0v) is 12.7. The minimum atomic E-state index is -0.319. The summed E-state index contributed by atoms with van der Waals surface area (Å²) < 4.78 is 0. The normalized spacial score (nSPS) is 12.1. The second-order valence-corrected chi connectivity index (χ2v) is 6.11. The lowest BCUT2D eigenvalue weighted by molar-refractivity contribution is -0.115. The maximum absolute atomic E-state index is 12.2. The Bertz CT molecular complexity index is 601. The number of nitrogens with zero attached hydrogens (tertiary/aromatic N) is 2. The van der Waals surface area contributed by atoms with Gasteiger partial charge in [-0.15, -0.1) is 16.9 Å². The maximum Gasteiger partial charge on any atom is 0.237 e. The monoisotopic (exact) mass is 309 g/mol. The molecule has 0 unspecified atom stereocenters. The Morgan fingerprint density at radius 1 is 1.45 bits per heavy atom. The second kappa shape index (κ2) is 6.67. The highest BCUT2D eigenvalue weighted by Crippen LogP contribution is 2.26. The molecule has 4 N–H and O–H groups in total. The molecular formula is C12H15N5OS2. The Morgan fingerprint density at radius 2 is 2.20 bits per heavy atom. The van der Waals surface area contributed by atoms with Crippen LogP contribution in [0.25, 0.3) is 0 Å². The number of nitrogen functional groups attached to an aromatic ring is 1. The van der Waals surface area contributed by atoms with Crippen LogP contribution in [0.1, 0.15) is 6.92 Å². The van der Waals surface area contributed by atoms with Gasteiger partial charge in [-0.3, -0.25) is 4.79 Å². The third-order valence-corrected chi connectivity index (χ3v) is 4.26. The third-order valence-electron chi connectivity index (χ3n) is 2.50. The average molecular weight is 309 g/mol. The molecule has 0 spiro atoms. The van der Waals surface area contributed by atoms with Gasteiger partial charge in [-0.2, -0.15) is 4.98 Å². The number of carbonyl (C=O) groups excluding carboxylic acids is 1. The molecule has 2 rings (SSSR count). The number of hydrogen-bond donors (Lipinski definition) is 3. The summed E-state index contributed by atoms with van der Waals surface area (Å²) in [5.41, 5.74) is 6.26. The van der Waals surface area contributed by atoms with E-state index in [0.717, 1.165) is 10.6 Å². The number of amides is 1. The number of aromatic amines is 1. The quantitative estimate of drug-likeness (QED) is 0.733. The Labute approximate surface area is 125 Å². The first-order chi connectivity index (χ1) is 9.60. The fourth-order valence-corrected chi connectivity index (χ4v) is 2.79. The first kappa shape index (κ1) is 14.7. The molecule has 1 amide bonds. The van der Waals surface area contributed by atoms with E-state index in [-0.39, 0.29) is 17.1 Å². The molecule has 0 saturated carbocycles. The van der Waals surface area contributed by atoms with Crippen LogP contribution < -0.4 is 11.1 Å². The highest BCUT2D eigenvalue weighted by Gasteiger charge is 2.17. The van der Waals surface area contributed by atoms with E-state index in [1.54, 1.807) is 18.7 Å². The van der Waals surface area contributed by atoms with E-state index >= 15 is 0 Å². The standard InChI is InChI=1S/C12H15N5OS2/c1-7(20-12-15-11(13)16-17-12)10(18)14-8-5-3-4-6-9(8)19-2/h3-7H,1-2H3,(H,14,18)(H3,13,15,16,17)/t7-/m0/s1. The van der Waals surface area contributed by atoms with Gasteiger partial charge in [-0.05, 0) is 25.3 Å². The Hall–Kier alpha value is -1.67. The SMILES string of the molecule is CSc1ccccc1NC(=O)[C@H](C)Sc1n[nH]c(N)n1. The summed E-state index contributed by atoms with van der Waals surface area (Å²) in [4.78, 5) is 17.1. The molecule has 0 fully saturated rings. The number of anilines is 2. The van der Waals surface area contributed by atoms with Crippen molar-refractivity contribution in [3.63, 3.8) is 0 Å². The van der Waals surface area contributed by atoms with Crippen LogP contribution in [0.15, 0.2) is 34.3 Å². The van der Waals surface area contributed by atoms with Crippen molar-refractivity contribution < 1.29 is 4.79 Å². The average Bonchev–Trinajstić information content (AvgIpc) is 2.84. The van der Waals surface area contributed by atoms with Gasteiger partial charge in [0.2, 0.25) is 17.0 Å². The van der Waals surface area contributed by atoms with Gasteiger partial charge in [0.05, 0.1) is 10.9 Å². The van der Waals surface area contributed by atoms with Gasteiger partial charge in [0.25, 0.3) is 0 Å². The number of nitrogens with one attached hydrogen (secondary N) is 2. The molecule has 0 saturated heterocycles. The van der Waals surface area contributed by atoms with Crippen LogP contribution >= 0.6 is 23.5 Å². The molecular weight excluding hydrogens is 294 g/mol. The van der Waals surface area contributed by atoms with Crippen molar-refractivity contribution in [2.24, 2.45) is 0 Å². The zero-order chi connectivity index (χ0) is 14.5. The van der Waals surface area contributed by atoms with Gasteiger partial charge in [0.15, 0.2) is 0 Å². The molecule has 1 aromatic heterocycles. The van der Waals surface area contributed by atoms with Crippen LogP contribution in [-0.4, -0.2) is 32.6 Å². The number of H-pyrrole nitrogens is 1. The van der Waals surface area contributed by atoms with Gasteiger partial charge in [-0.25, -0.2) is 5.10 Å². The molecule has 6 nitrogen and oxygen atoms in total. The maximum atomic E-state index is 12.2. The topological polar surface area (TPSA) is 96.7 Å². The summed E-state index contributed by atoms with van der Waals surface area (Å²) in [6, 6.07) is 7.68. The van der Waals surface area contributed by atoms with Crippen LogP contribution in [-0.2, 0) is 4.79 Å². The van der Waals surface area contributed by atoms with Crippen molar-refractivity contribution in [3.8, 4) is 0 Å². The van der Waals surface area contributed by atoms with E-state index in [4.69, 9.17) is 5.73 Å². The van der Waals surface area contributed by atoms with Gasteiger partial charge in [-0.1, -0.05) is 23.9 Å². The van der Waals surface area contributed by atoms with E-state index in [0.29, 0.717) is 5.16 Å². The smallest absolute Gasteiger partial charge is 0.237 e. The lowest BCUT2D eigenvalue weighted by Gasteiger charge is -2.12. The molecule has 1 aromatic carbocycles. The third kappa shape index (κ3) is 3.67. The fraction of sp³-hybridized carbons (Fsp3) is 0.250. The zero-order valence-electron chi connectivity index (χ0n) is 11.1. The lowest BCUT2D eigenvalue weighted by atomic mass is 10.3. The van der Waals surface area contributed by atoms with Gasteiger partial charge in [0, 0.05) is 4.90 Å². The van der Waals surface area contributed by atoms with Gasteiger partial charge >= 0.3 is 0 Å². The Kier molecular flexibility index (Phi) is 4.91. The summed E-state index contributed by atoms with van der Waals surface area (Å²) in [6.45, 7) is 1.80. The summed E-state index contributed by atoms with van der Waals surface area (Å²) in [5, 5.41) is 9.49. The van der Waals surface area contributed by atoms with E-state index in [1.807, 2.05) is 30.5 Å². The van der Waals surface area contributed by atoms with E-state index in [9.17, 15) is 4.79 Å². The first-order valence-electron chi connectivity index (χ1n) is 5.88. The number of benzene rings is 1. The number of nitrogens with two attached hydrogens (primary N) is 1. The largest absolute Gasteiger partial charge is 0.368 e. The molecule has 1 heterocycles. The number of hydrogen-bond acceptors (Lipinski definition) is 6. The van der Waals surface area contributed by atoms with Crippen molar-refractivity contribution in [2.45, 2.75) is 22.2 Å². The molecule has 0 bridgehead atoms. The van der Waals surface area contributed by atoms with Crippen molar-refractivity contribution >= 4 is 41.1 Å². The molecule has 0 aliphatic carbocycles. The molecule has 1 atom stereocenters. The first-order valence-corrected chi connectivity index (χ1v) is 7.99. The van der Waals surface area contributed by atoms with Crippen molar-refractivity contribution in [1.82, 2.24) is 15.2 Å².